The first-order chi connectivity index (χ1) is 22.0. The number of aryl methyl sites for hydroxylation is 1. The Bertz CT molecular complexity index is 1330. The zero-order chi connectivity index (χ0) is 32.1. The molecule has 0 N–H and O–H groups in total. The predicted octanol–water partition coefficient (Wildman–Crippen LogP) is 8.92. The molecule has 0 saturated carbocycles. The van der Waals surface area contributed by atoms with Gasteiger partial charge >= 0.3 is 11.9 Å². The molecule has 0 aliphatic carbocycles. The number of benzene rings is 3. The number of carbonyl (C=O) groups is 2. The van der Waals surface area contributed by atoms with Gasteiger partial charge in [-0.25, -0.2) is 9.59 Å². The van der Waals surface area contributed by atoms with E-state index in [0.717, 1.165) is 79.9 Å². The van der Waals surface area contributed by atoms with Gasteiger partial charge in [-0.1, -0.05) is 13.2 Å². The lowest BCUT2D eigenvalue weighted by atomic mass is 10.2. The topological polar surface area (TPSA) is 89.5 Å². The molecule has 3 rings (SSSR count). The van der Waals surface area contributed by atoms with E-state index in [-0.39, 0.29) is 11.9 Å². The maximum absolute atomic E-state index is 11.0. The van der Waals surface area contributed by atoms with Crippen molar-refractivity contribution in [2.24, 2.45) is 0 Å². The van der Waals surface area contributed by atoms with E-state index >= 15 is 0 Å². The Hall–Kier alpha value is -4.72. The van der Waals surface area contributed by atoms with Crippen LogP contribution in [0, 0.1) is 6.92 Å². The molecule has 0 fully saturated rings. The second kappa shape index (κ2) is 20.3. The summed E-state index contributed by atoms with van der Waals surface area (Å²) in [6, 6.07) is 20.9. The maximum Gasteiger partial charge on any atom is 0.330 e. The maximum atomic E-state index is 11.0. The summed E-state index contributed by atoms with van der Waals surface area (Å²) in [6.45, 7) is 10.8. The van der Waals surface area contributed by atoms with Crippen LogP contribution in [0.5, 0.6) is 34.5 Å². The number of ether oxygens (including phenoxy) is 6. The molecule has 0 aliphatic heterocycles. The fourth-order valence-corrected chi connectivity index (χ4v) is 4.23. The number of hydrogen-bond donors (Lipinski definition) is 0. The Morgan fingerprint density at radius 3 is 1.38 bits per heavy atom. The number of carbonyl (C=O) groups excluding carboxylic acids is 2. The number of unbranched alkanes of at least 4 members (excludes halogenated alkanes) is 6. The average Bonchev–Trinajstić information content (AvgIpc) is 3.06. The van der Waals surface area contributed by atoms with Crippen molar-refractivity contribution < 1.29 is 38.0 Å². The van der Waals surface area contributed by atoms with E-state index in [1.54, 1.807) is 0 Å². The molecule has 0 unspecified atom stereocenters. The zero-order valence-corrected chi connectivity index (χ0v) is 26.2. The summed E-state index contributed by atoms with van der Waals surface area (Å²) >= 11 is 0. The van der Waals surface area contributed by atoms with Gasteiger partial charge in [-0.05, 0) is 131 Å². The third-order valence-electron chi connectivity index (χ3n) is 6.69. The number of hydrogen-bond acceptors (Lipinski definition) is 8. The first-order valence-corrected chi connectivity index (χ1v) is 15.5. The fraction of sp³-hybridized carbons (Fsp3) is 0.351. The number of esters is 2. The Kier molecular flexibility index (Phi) is 15.7. The molecule has 0 radical (unpaired) electrons. The highest BCUT2D eigenvalue weighted by molar-refractivity contribution is 5.81. The highest BCUT2D eigenvalue weighted by atomic mass is 16.5. The van der Waals surface area contributed by atoms with E-state index < -0.39 is 0 Å². The van der Waals surface area contributed by atoms with E-state index in [9.17, 15) is 9.59 Å². The van der Waals surface area contributed by atoms with Crippen molar-refractivity contribution >= 4 is 11.9 Å². The van der Waals surface area contributed by atoms with Crippen LogP contribution in [0.2, 0.25) is 0 Å². The van der Waals surface area contributed by atoms with Crippen molar-refractivity contribution in [2.45, 2.75) is 58.3 Å². The zero-order valence-electron chi connectivity index (χ0n) is 26.2. The van der Waals surface area contributed by atoms with Gasteiger partial charge in [0, 0.05) is 12.2 Å². The van der Waals surface area contributed by atoms with E-state index in [4.69, 9.17) is 28.4 Å². The lowest BCUT2D eigenvalue weighted by molar-refractivity contribution is -0.138. The lowest BCUT2D eigenvalue weighted by Crippen LogP contribution is -2.02. The molecule has 0 saturated heterocycles. The van der Waals surface area contributed by atoms with Crippen LogP contribution in [-0.2, 0) is 19.1 Å². The van der Waals surface area contributed by atoms with Gasteiger partial charge in [0.2, 0.25) is 0 Å². The minimum atomic E-state index is -0.375. The van der Waals surface area contributed by atoms with Crippen molar-refractivity contribution in [3.8, 4) is 34.5 Å². The smallest absolute Gasteiger partial charge is 0.330 e. The van der Waals surface area contributed by atoms with E-state index in [1.165, 1.54) is 12.2 Å². The van der Waals surface area contributed by atoms with Crippen molar-refractivity contribution in [1.29, 1.82) is 0 Å². The van der Waals surface area contributed by atoms with E-state index in [0.29, 0.717) is 37.9 Å². The Balaban J connectivity index is 1.32. The summed E-state index contributed by atoms with van der Waals surface area (Å²) in [5.74, 6) is 3.73. The van der Waals surface area contributed by atoms with Gasteiger partial charge in [-0.3, -0.25) is 0 Å². The normalized spacial score (nSPS) is 10.4. The lowest BCUT2D eigenvalue weighted by Gasteiger charge is -2.12. The van der Waals surface area contributed by atoms with Crippen LogP contribution >= 0.6 is 0 Å². The third-order valence-corrected chi connectivity index (χ3v) is 6.69. The molecular weight excluding hydrogens is 572 g/mol. The molecular formula is C37H44O8. The summed E-state index contributed by atoms with van der Waals surface area (Å²) in [4.78, 5) is 22.0. The molecule has 0 atom stereocenters. The third kappa shape index (κ3) is 14.1. The molecule has 3 aromatic carbocycles. The van der Waals surface area contributed by atoms with Crippen LogP contribution < -0.4 is 18.9 Å². The SMILES string of the molecule is C=CC(=O)OCCCCCCOc1ccc(Oc2ccc(Oc3ccc(OCCCCCCOC(=O)C=C)cc3)c(C)c2)cc1. The molecule has 8 nitrogen and oxygen atoms in total. The molecule has 0 bridgehead atoms. The molecule has 3 aromatic rings. The Morgan fingerprint density at radius 2 is 0.933 bits per heavy atom. The summed E-state index contributed by atoms with van der Waals surface area (Å²) in [5.41, 5.74) is 0.950. The van der Waals surface area contributed by atoms with Gasteiger partial charge in [-0.2, -0.15) is 0 Å². The monoisotopic (exact) mass is 616 g/mol. The summed E-state index contributed by atoms with van der Waals surface area (Å²) in [7, 11) is 0. The van der Waals surface area contributed by atoms with Crippen LogP contribution in [0.25, 0.3) is 0 Å². The first-order valence-electron chi connectivity index (χ1n) is 15.5. The molecule has 0 aromatic heterocycles. The Morgan fingerprint density at radius 1 is 0.533 bits per heavy atom. The molecule has 8 heteroatoms. The van der Waals surface area contributed by atoms with Gasteiger partial charge in [0.05, 0.1) is 26.4 Å². The molecule has 0 heterocycles. The van der Waals surface area contributed by atoms with Gasteiger partial charge in [-0.15, -0.1) is 0 Å². The van der Waals surface area contributed by atoms with Crippen LogP contribution in [0.1, 0.15) is 56.9 Å². The summed E-state index contributed by atoms with van der Waals surface area (Å²) in [5, 5.41) is 0. The summed E-state index contributed by atoms with van der Waals surface area (Å²) in [6.07, 6.45) is 9.86. The Labute approximate surface area is 266 Å². The van der Waals surface area contributed by atoms with Crippen LogP contribution in [0.4, 0.5) is 0 Å². The van der Waals surface area contributed by atoms with Crippen LogP contribution in [-0.4, -0.2) is 38.4 Å². The van der Waals surface area contributed by atoms with E-state index in [1.807, 2.05) is 73.7 Å². The first kappa shape index (κ1) is 34.8. The summed E-state index contributed by atoms with van der Waals surface area (Å²) < 4.78 is 33.7. The molecule has 0 aliphatic rings. The molecule has 240 valence electrons. The van der Waals surface area contributed by atoms with Crippen molar-refractivity contribution in [3.63, 3.8) is 0 Å². The fourth-order valence-electron chi connectivity index (χ4n) is 4.23. The highest BCUT2D eigenvalue weighted by Gasteiger charge is 2.06. The number of rotatable bonds is 22. The quantitative estimate of drug-likeness (QED) is 0.0628. The van der Waals surface area contributed by atoms with Gasteiger partial charge in [0.1, 0.15) is 34.5 Å². The van der Waals surface area contributed by atoms with Gasteiger partial charge in [0.25, 0.3) is 0 Å². The molecule has 0 amide bonds. The largest absolute Gasteiger partial charge is 0.494 e. The average molecular weight is 617 g/mol. The molecule has 0 spiro atoms. The second-order valence-electron chi connectivity index (χ2n) is 10.3. The van der Waals surface area contributed by atoms with Gasteiger partial charge < -0.3 is 28.4 Å². The van der Waals surface area contributed by atoms with Crippen molar-refractivity contribution in [2.75, 3.05) is 26.4 Å². The van der Waals surface area contributed by atoms with Crippen molar-refractivity contribution in [3.05, 3.63) is 97.6 Å². The predicted molar refractivity (Wildman–Crippen MR) is 174 cm³/mol. The van der Waals surface area contributed by atoms with Crippen LogP contribution in [0.3, 0.4) is 0 Å². The van der Waals surface area contributed by atoms with E-state index in [2.05, 4.69) is 13.2 Å². The highest BCUT2D eigenvalue weighted by Crippen LogP contribution is 2.31. The van der Waals surface area contributed by atoms with Crippen LogP contribution in [0.15, 0.2) is 92.0 Å². The minimum absolute atomic E-state index is 0.375. The van der Waals surface area contributed by atoms with Crippen molar-refractivity contribution in [1.82, 2.24) is 0 Å². The minimum Gasteiger partial charge on any atom is -0.494 e. The van der Waals surface area contributed by atoms with Gasteiger partial charge in [0.15, 0.2) is 0 Å². The molecule has 45 heavy (non-hydrogen) atoms. The second-order valence-corrected chi connectivity index (χ2v) is 10.3. The standard InChI is InChI=1S/C37H44O8/c1-4-36(38)42-26-12-8-6-10-24-40-30-14-18-32(19-15-30)44-34-22-23-35(29(3)28-34)45-33-20-16-31(17-21-33)41-25-11-7-9-13-27-43-37(39)5-2/h4-5,14-23,28H,1-2,6-13,24-27H2,3H3.